The monoisotopic (exact) mass is 304 g/mol. The van der Waals surface area contributed by atoms with Gasteiger partial charge >= 0.3 is 0 Å². The lowest BCUT2D eigenvalue weighted by molar-refractivity contribution is -0.105. The van der Waals surface area contributed by atoms with Gasteiger partial charge < -0.3 is 15.7 Å². The third-order valence-electron chi connectivity index (χ3n) is 5.83. The molecule has 1 aromatic rings. The third kappa shape index (κ3) is 2.79. The van der Waals surface area contributed by atoms with Crippen LogP contribution in [-0.2, 0) is 4.79 Å². The van der Waals surface area contributed by atoms with Crippen molar-refractivity contribution in [1.29, 1.82) is 0 Å². The van der Waals surface area contributed by atoms with Gasteiger partial charge in [-0.15, -0.1) is 0 Å². The Kier molecular flexibility index (Phi) is 4.69. The van der Waals surface area contributed by atoms with Crippen LogP contribution in [0.1, 0.15) is 53.4 Å². The lowest BCUT2D eigenvalue weighted by Crippen LogP contribution is -2.54. The summed E-state index contributed by atoms with van der Waals surface area (Å²) in [7, 11) is 0. The Bertz CT molecular complexity index is 542. The zero-order valence-corrected chi connectivity index (χ0v) is 14.1. The molecule has 1 saturated carbocycles. The molecule has 0 radical (unpaired) electrons. The number of phenols is 1. The van der Waals surface area contributed by atoms with Crippen LogP contribution in [0.25, 0.3) is 0 Å². The molecule has 4 heteroatoms. The highest BCUT2D eigenvalue weighted by atomic mass is 16.3. The zero-order chi connectivity index (χ0) is 16.4. The van der Waals surface area contributed by atoms with E-state index in [0.717, 1.165) is 6.42 Å². The number of para-hydroxylation sites is 1. The van der Waals surface area contributed by atoms with Crippen LogP contribution in [-0.4, -0.2) is 17.1 Å². The molecule has 0 aliphatic heterocycles. The number of carbonyl (C=O) groups excluding carboxylic acids is 1. The Balaban J connectivity index is 2.32. The smallest absolute Gasteiger partial charge is 0.211 e. The Labute approximate surface area is 133 Å². The number of anilines is 2. The molecule has 4 nitrogen and oxygen atoms in total. The first-order valence-corrected chi connectivity index (χ1v) is 8.16. The van der Waals surface area contributed by atoms with E-state index in [9.17, 15) is 9.90 Å². The fraction of sp³-hybridized carbons (Fsp3) is 0.611. The number of benzene rings is 1. The Hall–Kier alpha value is -1.71. The number of hydrogen-bond donors (Lipinski definition) is 3. The average Bonchev–Trinajstić information content (AvgIpc) is 2.46. The van der Waals surface area contributed by atoms with Gasteiger partial charge in [0.2, 0.25) is 6.41 Å². The van der Waals surface area contributed by atoms with E-state index in [-0.39, 0.29) is 16.7 Å². The summed E-state index contributed by atoms with van der Waals surface area (Å²) in [6.07, 6.45) is 5.28. The molecule has 2 unspecified atom stereocenters. The maximum absolute atomic E-state index is 10.6. The van der Waals surface area contributed by atoms with Crippen LogP contribution in [0.3, 0.4) is 0 Å². The summed E-state index contributed by atoms with van der Waals surface area (Å²) in [5, 5.41) is 16.5. The van der Waals surface area contributed by atoms with Crippen molar-refractivity contribution in [3.63, 3.8) is 0 Å². The van der Waals surface area contributed by atoms with Crippen molar-refractivity contribution in [2.24, 2.45) is 11.3 Å². The summed E-state index contributed by atoms with van der Waals surface area (Å²) in [6.45, 7) is 9.13. The highest BCUT2D eigenvalue weighted by molar-refractivity contribution is 5.80. The van der Waals surface area contributed by atoms with Gasteiger partial charge in [-0.25, -0.2) is 0 Å². The molecule has 1 fully saturated rings. The summed E-state index contributed by atoms with van der Waals surface area (Å²) in [5.41, 5.74) is 1.15. The maximum atomic E-state index is 10.6. The van der Waals surface area contributed by atoms with Gasteiger partial charge in [0.05, 0.1) is 11.4 Å². The van der Waals surface area contributed by atoms with E-state index in [2.05, 4.69) is 38.3 Å². The molecule has 1 aliphatic rings. The molecule has 2 rings (SSSR count). The molecule has 0 spiro atoms. The lowest BCUT2D eigenvalue weighted by atomic mass is 9.57. The number of nitrogens with one attached hydrogen (secondary N) is 2. The van der Waals surface area contributed by atoms with Gasteiger partial charge in [-0.2, -0.15) is 0 Å². The largest absolute Gasteiger partial charge is 0.504 e. The molecule has 1 aliphatic carbocycles. The van der Waals surface area contributed by atoms with Gasteiger partial charge in [-0.3, -0.25) is 4.79 Å². The van der Waals surface area contributed by atoms with Crippen LogP contribution in [0.15, 0.2) is 18.2 Å². The molecule has 122 valence electrons. The first kappa shape index (κ1) is 16.7. The Morgan fingerprint density at radius 1 is 1.32 bits per heavy atom. The second-order valence-corrected chi connectivity index (χ2v) is 7.14. The minimum atomic E-state index is -0.0940. The van der Waals surface area contributed by atoms with E-state index in [1.54, 1.807) is 6.07 Å². The quantitative estimate of drug-likeness (QED) is 0.559. The number of carbonyl (C=O) groups is 1. The van der Waals surface area contributed by atoms with Crippen molar-refractivity contribution in [3.05, 3.63) is 18.2 Å². The second-order valence-electron chi connectivity index (χ2n) is 7.14. The van der Waals surface area contributed by atoms with E-state index in [0.29, 0.717) is 23.7 Å². The molecule has 3 N–H and O–H groups in total. The molecule has 2 atom stereocenters. The van der Waals surface area contributed by atoms with Gasteiger partial charge in [0.1, 0.15) is 0 Å². The predicted molar refractivity (Wildman–Crippen MR) is 91.2 cm³/mol. The highest BCUT2D eigenvalue weighted by Gasteiger charge is 2.48. The number of aromatic hydroxyl groups is 1. The SMILES string of the molecule is CCC1CCCC(C)(Nc2cccc(NC=O)c2O)C1(C)C. The predicted octanol–water partition coefficient (Wildman–Crippen LogP) is 4.37. The van der Waals surface area contributed by atoms with Crippen LogP contribution >= 0.6 is 0 Å². The minimum Gasteiger partial charge on any atom is -0.504 e. The fourth-order valence-electron chi connectivity index (χ4n) is 3.90. The molecule has 1 amide bonds. The van der Waals surface area contributed by atoms with Crippen LogP contribution < -0.4 is 10.6 Å². The van der Waals surface area contributed by atoms with E-state index in [4.69, 9.17) is 0 Å². The van der Waals surface area contributed by atoms with Crippen LogP contribution in [0.2, 0.25) is 0 Å². The van der Waals surface area contributed by atoms with Crippen molar-refractivity contribution in [1.82, 2.24) is 0 Å². The van der Waals surface area contributed by atoms with Gasteiger partial charge in [0, 0.05) is 5.54 Å². The maximum Gasteiger partial charge on any atom is 0.211 e. The molecule has 22 heavy (non-hydrogen) atoms. The van der Waals surface area contributed by atoms with Crippen molar-refractivity contribution in [2.75, 3.05) is 10.6 Å². The Morgan fingerprint density at radius 3 is 2.64 bits per heavy atom. The van der Waals surface area contributed by atoms with Crippen LogP contribution in [0, 0.1) is 11.3 Å². The highest BCUT2D eigenvalue weighted by Crippen LogP contribution is 2.51. The molecular weight excluding hydrogens is 276 g/mol. The third-order valence-corrected chi connectivity index (χ3v) is 5.83. The number of rotatable bonds is 5. The first-order valence-electron chi connectivity index (χ1n) is 8.16. The summed E-state index contributed by atoms with van der Waals surface area (Å²) in [6, 6.07) is 5.39. The number of amides is 1. The fourth-order valence-corrected chi connectivity index (χ4v) is 3.90. The van der Waals surface area contributed by atoms with Gasteiger partial charge in [0.25, 0.3) is 0 Å². The first-order chi connectivity index (χ1) is 10.4. The van der Waals surface area contributed by atoms with E-state index < -0.39 is 0 Å². The summed E-state index contributed by atoms with van der Waals surface area (Å²) >= 11 is 0. The lowest BCUT2D eigenvalue weighted by Gasteiger charge is -2.53. The zero-order valence-electron chi connectivity index (χ0n) is 14.1. The summed E-state index contributed by atoms with van der Waals surface area (Å²) in [4.78, 5) is 10.6. The van der Waals surface area contributed by atoms with Crippen LogP contribution in [0.4, 0.5) is 11.4 Å². The second kappa shape index (κ2) is 6.19. The van der Waals surface area contributed by atoms with Crippen molar-refractivity contribution in [3.8, 4) is 5.75 Å². The summed E-state index contributed by atoms with van der Waals surface area (Å²) in [5.74, 6) is 0.766. The molecule has 0 aromatic heterocycles. The molecular formula is C18H28N2O2. The summed E-state index contributed by atoms with van der Waals surface area (Å²) < 4.78 is 0. The van der Waals surface area contributed by atoms with Crippen molar-refractivity contribution in [2.45, 2.75) is 58.9 Å². The average molecular weight is 304 g/mol. The van der Waals surface area contributed by atoms with Gasteiger partial charge in [-0.1, -0.05) is 39.7 Å². The molecule has 0 saturated heterocycles. The normalized spacial score (nSPS) is 27.2. The molecule has 0 heterocycles. The number of phenolic OH excluding ortho intramolecular Hbond substituents is 1. The van der Waals surface area contributed by atoms with Gasteiger partial charge in [-0.05, 0) is 43.2 Å². The van der Waals surface area contributed by atoms with Crippen molar-refractivity contribution < 1.29 is 9.90 Å². The standard InChI is InChI=1S/C18H28N2O2/c1-5-13-8-7-11-18(4,17(13,2)3)20-15-10-6-9-14(16(15)22)19-12-21/h6,9-10,12-13,20,22H,5,7-8,11H2,1-4H3,(H,19,21). The minimum absolute atomic E-state index is 0.0940. The Morgan fingerprint density at radius 2 is 2.00 bits per heavy atom. The van der Waals surface area contributed by atoms with Crippen LogP contribution in [0.5, 0.6) is 5.75 Å². The van der Waals surface area contributed by atoms with Crippen molar-refractivity contribution >= 4 is 17.8 Å². The van der Waals surface area contributed by atoms with E-state index in [1.165, 1.54) is 19.3 Å². The molecule has 1 aromatic carbocycles. The van der Waals surface area contributed by atoms with E-state index in [1.807, 2.05) is 12.1 Å². The van der Waals surface area contributed by atoms with E-state index >= 15 is 0 Å². The topological polar surface area (TPSA) is 61.4 Å². The van der Waals surface area contributed by atoms with Gasteiger partial charge in [0.15, 0.2) is 5.75 Å². The number of hydrogen-bond acceptors (Lipinski definition) is 3. The molecule has 0 bridgehead atoms.